The van der Waals surface area contributed by atoms with Crippen molar-refractivity contribution in [3.63, 3.8) is 0 Å². The molecule has 0 saturated carbocycles. The zero-order chi connectivity index (χ0) is 14.4. The molecule has 4 nitrogen and oxygen atoms in total. The standard InChI is InChI=1S/C15H23NO3/c1-10(2)11(3)16-15(18)9-19-14-8-6-5-7-13(14)12(4)17/h5-8,10-12,17H,9H2,1-4H3,(H,16,18)/t11?,12-/m1/s1. The van der Waals surface area contributed by atoms with E-state index in [0.717, 1.165) is 0 Å². The monoisotopic (exact) mass is 265 g/mol. The highest BCUT2D eigenvalue weighted by atomic mass is 16.5. The van der Waals surface area contributed by atoms with E-state index in [0.29, 0.717) is 17.2 Å². The molecule has 0 spiro atoms. The molecule has 1 aromatic rings. The van der Waals surface area contributed by atoms with Gasteiger partial charge in [-0.15, -0.1) is 0 Å². The lowest BCUT2D eigenvalue weighted by Gasteiger charge is -2.18. The third-order valence-corrected chi connectivity index (χ3v) is 3.12. The molecule has 0 radical (unpaired) electrons. The number of benzene rings is 1. The van der Waals surface area contributed by atoms with Crippen LogP contribution in [0.5, 0.6) is 5.75 Å². The van der Waals surface area contributed by atoms with Crippen molar-refractivity contribution in [2.75, 3.05) is 6.61 Å². The highest BCUT2D eigenvalue weighted by Gasteiger charge is 2.13. The highest BCUT2D eigenvalue weighted by Crippen LogP contribution is 2.24. The summed E-state index contributed by atoms with van der Waals surface area (Å²) in [7, 11) is 0. The molecular formula is C15H23NO3. The van der Waals surface area contributed by atoms with Gasteiger partial charge in [0.1, 0.15) is 5.75 Å². The zero-order valence-electron chi connectivity index (χ0n) is 12.0. The number of ether oxygens (including phenoxy) is 1. The summed E-state index contributed by atoms with van der Waals surface area (Å²) in [5.41, 5.74) is 0.687. The molecule has 2 N–H and O–H groups in total. The van der Waals surface area contributed by atoms with Crippen LogP contribution >= 0.6 is 0 Å². The fourth-order valence-corrected chi connectivity index (χ4v) is 1.56. The van der Waals surface area contributed by atoms with Crippen LogP contribution in [0, 0.1) is 5.92 Å². The molecule has 1 amide bonds. The lowest BCUT2D eigenvalue weighted by atomic mass is 10.1. The normalized spacial score (nSPS) is 14.0. The van der Waals surface area contributed by atoms with Gasteiger partial charge < -0.3 is 15.2 Å². The van der Waals surface area contributed by atoms with Crippen LogP contribution < -0.4 is 10.1 Å². The van der Waals surface area contributed by atoms with Gasteiger partial charge in [0.2, 0.25) is 0 Å². The van der Waals surface area contributed by atoms with E-state index in [9.17, 15) is 9.90 Å². The van der Waals surface area contributed by atoms with Crippen LogP contribution in [0.4, 0.5) is 0 Å². The van der Waals surface area contributed by atoms with E-state index in [2.05, 4.69) is 19.2 Å². The lowest BCUT2D eigenvalue weighted by molar-refractivity contribution is -0.124. The van der Waals surface area contributed by atoms with E-state index in [4.69, 9.17) is 4.74 Å². The summed E-state index contributed by atoms with van der Waals surface area (Å²) >= 11 is 0. The summed E-state index contributed by atoms with van der Waals surface area (Å²) in [6.07, 6.45) is -0.617. The van der Waals surface area contributed by atoms with Gasteiger partial charge in [0.15, 0.2) is 6.61 Å². The average molecular weight is 265 g/mol. The molecule has 0 saturated heterocycles. The van der Waals surface area contributed by atoms with Crippen molar-refractivity contribution < 1.29 is 14.6 Å². The minimum Gasteiger partial charge on any atom is -0.483 e. The minimum atomic E-state index is -0.617. The van der Waals surface area contributed by atoms with E-state index in [1.54, 1.807) is 19.1 Å². The summed E-state index contributed by atoms with van der Waals surface area (Å²) in [6.45, 7) is 7.69. The van der Waals surface area contributed by atoms with E-state index < -0.39 is 6.10 Å². The first kappa shape index (κ1) is 15.5. The van der Waals surface area contributed by atoms with Gasteiger partial charge in [-0.2, -0.15) is 0 Å². The SMILES string of the molecule is CC(C)C(C)NC(=O)COc1ccccc1[C@@H](C)O. The number of hydrogen-bond donors (Lipinski definition) is 2. The number of nitrogens with one attached hydrogen (secondary N) is 1. The van der Waals surface area contributed by atoms with Gasteiger partial charge in [0.05, 0.1) is 6.10 Å². The Morgan fingerprint density at radius 1 is 1.26 bits per heavy atom. The topological polar surface area (TPSA) is 58.6 Å². The first-order valence-electron chi connectivity index (χ1n) is 6.61. The fraction of sp³-hybridized carbons (Fsp3) is 0.533. The quantitative estimate of drug-likeness (QED) is 0.829. The van der Waals surface area contributed by atoms with Gasteiger partial charge in [-0.25, -0.2) is 0 Å². The molecule has 1 rings (SSSR count). The number of rotatable bonds is 6. The van der Waals surface area contributed by atoms with E-state index >= 15 is 0 Å². The largest absolute Gasteiger partial charge is 0.483 e. The van der Waals surface area contributed by atoms with Gasteiger partial charge in [0.25, 0.3) is 5.91 Å². The van der Waals surface area contributed by atoms with Crippen molar-refractivity contribution in [2.24, 2.45) is 5.92 Å². The molecule has 0 heterocycles. The molecule has 1 unspecified atom stereocenters. The highest BCUT2D eigenvalue weighted by molar-refractivity contribution is 5.77. The van der Waals surface area contributed by atoms with Crippen LogP contribution in [0.1, 0.15) is 39.4 Å². The van der Waals surface area contributed by atoms with Crippen molar-refractivity contribution in [2.45, 2.75) is 39.8 Å². The molecule has 0 bridgehead atoms. The molecule has 106 valence electrons. The maximum atomic E-state index is 11.7. The molecule has 0 aliphatic carbocycles. The Morgan fingerprint density at radius 3 is 2.47 bits per heavy atom. The minimum absolute atomic E-state index is 0.0409. The van der Waals surface area contributed by atoms with Crippen LogP contribution in [0.3, 0.4) is 0 Å². The molecule has 0 aromatic heterocycles. The first-order valence-corrected chi connectivity index (χ1v) is 6.61. The summed E-state index contributed by atoms with van der Waals surface area (Å²) in [5, 5.41) is 12.5. The van der Waals surface area contributed by atoms with Crippen LogP contribution in [-0.4, -0.2) is 23.7 Å². The second-order valence-electron chi connectivity index (χ2n) is 5.10. The van der Waals surface area contributed by atoms with Gasteiger partial charge >= 0.3 is 0 Å². The summed E-state index contributed by atoms with van der Waals surface area (Å²) in [4.78, 5) is 11.7. The van der Waals surface area contributed by atoms with E-state index in [1.807, 2.05) is 19.1 Å². The lowest BCUT2D eigenvalue weighted by Crippen LogP contribution is -2.39. The number of carbonyl (C=O) groups excluding carboxylic acids is 1. The van der Waals surface area contributed by atoms with Crippen LogP contribution in [0.25, 0.3) is 0 Å². The smallest absolute Gasteiger partial charge is 0.258 e. The first-order chi connectivity index (χ1) is 8.91. The van der Waals surface area contributed by atoms with Crippen LogP contribution in [-0.2, 0) is 4.79 Å². The Hall–Kier alpha value is -1.55. The van der Waals surface area contributed by atoms with Gasteiger partial charge in [-0.05, 0) is 25.8 Å². The van der Waals surface area contributed by atoms with Gasteiger partial charge in [0, 0.05) is 11.6 Å². The maximum absolute atomic E-state index is 11.7. The molecule has 19 heavy (non-hydrogen) atoms. The van der Waals surface area contributed by atoms with Crippen molar-refractivity contribution in [1.29, 1.82) is 0 Å². The van der Waals surface area contributed by atoms with Gasteiger partial charge in [-0.3, -0.25) is 4.79 Å². The Morgan fingerprint density at radius 2 is 1.89 bits per heavy atom. The predicted octanol–water partition coefficient (Wildman–Crippen LogP) is 2.28. The third kappa shape index (κ3) is 4.91. The second kappa shape index (κ2) is 7.14. The van der Waals surface area contributed by atoms with Crippen molar-refractivity contribution in [3.05, 3.63) is 29.8 Å². The Bertz CT molecular complexity index is 416. The second-order valence-corrected chi connectivity index (χ2v) is 5.10. The summed E-state index contributed by atoms with van der Waals surface area (Å²) < 4.78 is 5.47. The molecular weight excluding hydrogens is 242 g/mol. The molecule has 2 atom stereocenters. The Kier molecular flexibility index (Phi) is 5.83. The fourth-order valence-electron chi connectivity index (χ4n) is 1.56. The Balaban J connectivity index is 2.55. The average Bonchev–Trinajstić information content (AvgIpc) is 2.36. The molecule has 4 heteroatoms. The number of aliphatic hydroxyl groups is 1. The summed E-state index contributed by atoms with van der Waals surface area (Å²) in [5.74, 6) is 0.778. The summed E-state index contributed by atoms with van der Waals surface area (Å²) in [6, 6.07) is 7.30. The molecule has 0 aliphatic rings. The predicted molar refractivity (Wildman–Crippen MR) is 75.0 cm³/mol. The van der Waals surface area contributed by atoms with Crippen molar-refractivity contribution >= 4 is 5.91 Å². The van der Waals surface area contributed by atoms with Crippen LogP contribution in [0.15, 0.2) is 24.3 Å². The van der Waals surface area contributed by atoms with E-state index in [-0.39, 0.29) is 18.6 Å². The van der Waals surface area contributed by atoms with Crippen molar-refractivity contribution in [1.82, 2.24) is 5.32 Å². The molecule has 1 aromatic carbocycles. The molecule has 0 fully saturated rings. The Labute approximate surface area is 114 Å². The van der Waals surface area contributed by atoms with E-state index in [1.165, 1.54) is 0 Å². The number of para-hydroxylation sites is 1. The maximum Gasteiger partial charge on any atom is 0.258 e. The number of carbonyl (C=O) groups is 1. The number of aliphatic hydroxyl groups excluding tert-OH is 1. The third-order valence-electron chi connectivity index (χ3n) is 3.12. The van der Waals surface area contributed by atoms with Crippen molar-refractivity contribution in [3.8, 4) is 5.75 Å². The molecule has 0 aliphatic heterocycles. The van der Waals surface area contributed by atoms with Gasteiger partial charge in [-0.1, -0.05) is 32.0 Å². The zero-order valence-corrected chi connectivity index (χ0v) is 12.0. The number of amides is 1. The van der Waals surface area contributed by atoms with Crippen LogP contribution in [0.2, 0.25) is 0 Å². The number of hydrogen-bond acceptors (Lipinski definition) is 3.